The molecule has 6 aromatic carbocycles. The van der Waals surface area contributed by atoms with Gasteiger partial charge in [0.15, 0.2) is 0 Å². The molecule has 0 nitrogen and oxygen atoms in total. The Morgan fingerprint density at radius 3 is 1.18 bits per heavy atom. The Labute approximate surface area is 340 Å². The topological polar surface area (TPSA) is 0 Å². The molecule has 6 aromatic rings. The molecule has 0 N–H and O–H groups in total. The fourth-order valence-corrected chi connectivity index (χ4v) is 27.8. The Morgan fingerprint density at radius 1 is 0.446 bits per heavy atom. The number of hydrogen-bond donors (Lipinski definition) is 0. The zero-order valence-corrected chi connectivity index (χ0v) is 38.2. The quantitative estimate of drug-likeness (QED) is 0.146. The molecule has 0 radical (unpaired) electrons. The van der Waals surface area contributed by atoms with E-state index in [2.05, 4.69) is 209 Å². The second-order valence-corrected chi connectivity index (χ2v) is 36.8. The van der Waals surface area contributed by atoms with Gasteiger partial charge in [-0.1, -0.05) is 0 Å². The number of fused-ring (bicyclic) bond motifs is 6. The van der Waals surface area contributed by atoms with Gasteiger partial charge in [-0.05, 0) is 0 Å². The molecule has 0 amide bonds. The van der Waals surface area contributed by atoms with Crippen LogP contribution in [0.3, 0.4) is 0 Å². The molecule has 1 heterocycles. The van der Waals surface area contributed by atoms with Crippen molar-refractivity contribution < 1.29 is 20.0 Å². The summed E-state index contributed by atoms with van der Waals surface area (Å²) < 4.78 is 6.56. The van der Waals surface area contributed by atoms with E-state index in [-0.39, 0.29) is 16.2 Å². The van der Waals surface area contributed by atoms with Crippen LogP contribution in [0.1, 0.15) is 93.4 Å². The van der Waals surface area contributed by atoms with Gasteiger partial charge in [0.25, 0.3) is 0 Å². The van der Waals surface area contributed by atoms with Crippen LogP contribution in [-0.2, 0) is 43.6 Å². The third kappa shape index (κ3) is 6.21. The second-order valence-electron chi connectivity index (χ2n) is 19.6. The van der Waals surface area contributed by atoms with Gasteiger partial charge in [0.1, 0.15) is 0 Å². The van der Waals surface area contributed by atoms with Crippen LogP contribution in [-0.4, -0.2) is 0 Å². The van der Waals surface area contributed by atoms with Crippen LogP contribution >= 0.6 is 0 Å². The van der Waals surface area contributed by atoms with Gasteiger partial charge in [-0.25, -0.2) is 0 Å². The minimum atomic E-state index is -3.36. The minimum absolute atomic E-state index is 0.124. The van der Waals surface area contributed by atoms with Crippen LogP contribution in [0.15, 0.2) is 157 Å². The summed E-state index contributed by atoms with van der Waals surface area (Å²) in [4.78, 5) is 0. The van der Waals surface area contributed by atoms with Crippen LogP contribution in [0.2, 0.25) is 9.36 Å². The second kappa shape index (κ2) is 13.7. The molecule has 1 saturated heterocycles. The van der Waals surface area contributed by atoms with Gasteiger partial charge in [0, 0.05) is 0 Å². The third-order valence-corrected chi connectivity index (χ3v) is 28.7. The van der Waals surface area contributed by atoms with Gasteiger partial charge in [-0.3, -0.25) is 0 Å². The molecule has 56 heavy (non-hydrogen) atoms. The van der Waals surface area contributed by atoms with Crippen molar-refractivity contribution in [1.29, 1.82) is 0 Å². The third-order valence-electron chi connectivity index (χ3n) is 13.5. The summed E-state index contributed by atoms with van der Waals surface area (Å²) in [5, 5.41) is 0. The van der Waals surface area contributed by atoms with E-state index in [1.165, 1.54) is 55.6 Å². The Morgan fingerprint density at radius 2 is 0.821 bits per heavy atom. The van der Waals surface area contributed by atoms with Gasteiger partial charge < -0.3 is 0 Å². The first-order valence-electron chi connectivity index (χ1n) is 20.8. The fourth-order valence-electron chi connectivity index (χ4n) is 10.7. The van der Waals surface area contributed by atoms with Crippen LogP contribution in [0, 0.1) is 5.41 Å². The predicted octanol–water partition coefficient (Wildman–Crippen LogP) is 14.9. The van der Waals surface area contributed by atoms with E-state index in [1.807, 2.05) is 0 Å². The maximum absolute atomic E-state index is 3.36. The van der Waals surface area contributed by atoms with E-state index >= 15 is 0 Å². The number of benzene rings is 6. The van der Waals surface area contributed by atoms with E-state index in [0.717, 1.165) is 12.8 Å². The molecule has 0 saturated carbocycles. The van der Waals surface area contributed by atoms with Gasteiger partial charge in [0.2, 0.25) is 0 Å². The SMILES string of the molecule is CC(C)(C)c1ccc(-c2cccc3c2C=C2[CH]3[Hf]([CH3])([CH3])[CH]3C(=Cc4c(-c5ccc(C(C)(C)C)cc5)cccc43)C2(Cc2ccccc2)Cc2ccccc2)cc1. The van der Waals surface area contributed by atoms with Crippen molar-refractivity contribution in [2.75, 3.05) is 0 Å². The number of hydrogen-bond acceptors (Lipinski definition) is 0. The Kier molecular flexibility index (Phi) is 9.09. The summed E-state index contributed by atoms with van der Waals surface area (Å²) in [5.74, 6) is 0. The zero-order chi connectivity index (χ0) is 39.0. The summed E-state index contributed by atoms with van der Waals surface area (Å²) in [5.41, 5.74) is 20.5. The molecule has 1 aliphatic heterocycles. The number of allylic oxidation sites excluding steroid dienone is 2. The molecule has 0 bridgehead atoms. The Hall–Kier alpha value is -4.33. The number of rotatable bonds is 6. The molecule has 1 fully saturated rings. The molecule has 2 atom stereocenters. The van der Waals surface area contributed by atoms with E-state index in [0.29, 0.717) is 7.35 Å². The maximum atomic E-state index is 2.79. The fraction of sp³-hybridized carbons (Fsp3) is 0.273. The molecule has 0 spiro atoms. The van der Waals surface area contributed by atoms with E-state index < -0.39 is 20.0 Å². The molecule has 280 valence electrons. The Balaban J connectivity index is 1.29. The van der Waals surface area contributed by atoms with E-state index in [9.17, 15) is 0 Å². The van der Waals surface area contributed by atoms with Gasteiger partial charge in [-0.15, -0.1) is 0 Å². The first-order chi connectivity index (χ1) is 26.8. The summed E-state index contributed by atoms with van der Waals surface area (Å²) in [6.07, 6.45) is 7.41. The molecule has 3 aliphatic rings. The van der Waals surface area contributed by atoms with Crippen LogP contribution in [0.5, 0.6) is 0 Å². The van der Waals surface area contributed by atoms with Gasteiger partial charge in [0.05, 0.1) is 0 Å². The average Bonchev–Trinajstić information content (AvgIpc) is 3.80. The standard InChI is InChI=1S/C53H50.2CH3.Hf/c1-51(2,3)43-27-23-39(24-28-43)47-21-13-19-41-31-45(33-49(41)47)53(35-37-15-9-7-10-16-37,36-38-17-11-8-12-18-38)46-32-42-20-14-22-48(50(42)34-46)40-25-29-44(30-26-40)52(4,5)6;;;/h7-34H,35-36H2,1-6H3;2*1H3;. The molecular formula is C55H56Hf. The van der Waals surface area contributed by atoms with Crippen molar-refractivity contribution in [3.05, 3.63) is 201 Å². The zero-order valence-electron chi connectivity index (χ0n) is 34.6. The van der Waals surface area contributed by atoms with Crippen molar-refractivity contribution in [2.24, 2.45) is 5.41 Å². The van der Waals surface area contributed by atoms with Crippen LogP contribution in [0.25, 0.3) is 34.4 Å². The first kappa shape index (κ1) is 37.3. The van der Waals surface area contributed by atoms with E-state index in [4.69, 9.17) is 0 Å². The summed E-state index contributed by atoms with van der Waals surface area (Å²) in [6, 6.07) is 56.2. The Bertz CT molecular complexity index is 2300. The average molecular weight is 896 g/mol. The predicted molar refractivity (Wildman–Crippen MR) is 237 cm³/mol. The molecule has 2 unspecified atom stereocenters. The van der Waals surface area contributed by atoms with Gasteiger partial charge >= 0.3 is 343 Å². The molecule has 9 rings (SSSR count). The van der Waals surface area contributed by atoms with Crippen molar-refractivity contribution in [1.82, 2.24) is 0 Å². The normalized spacial score (nSPS) is 19.0. The summed E-state index contributed by atoms with van der Waals surface area (Å²) in [7, 11) is 0. The van der Waals surface area contributed by atoms with Crippen LogP contribution in [0.4, 0.5) is 0 Å². The summed E-state index contributed by atoms with van der Waals surface area (Å²) in [6.45, 7) is 13.8. The molecular weight excluding hydrogens is 839 g/mol. The molecule has 0 aromatic heterocycles. The van der Waals surface area contributed by atoms with Crippen LogP contribution < -0.4 is 0 Å². The van der Waals surface area contributed by atoms with Crippen molar-refractivity contribution in [2.45, 2.75) is 81.9 Å². The summed E-state index contributed by atoms with van der Waals surface area (Å²) >= 11 is -3.36. The van der Waals surface area contributed by atoms with E-state index in [1.54, 1.807) is 22.3 Å². The van der Waals surface area contributed by atoms with Crippen molar-refractivity contribution in [3.8, 4) is 22.3 Å². The molecule has 1 heteroatoms. The van der Waals surface area contributed by atoms with Crippen molar-refractivity contribution in [3.63, 3.8) is 0 Å². The molecule has 2 aliphatic carbocycles. The first-order valence-corrected chi connectivity index (χ1v) is 32.1. The van der Waals surface area contributed by atoms with Gasteiger partial charge in [-0.2, -0.15) is 0 Å². The van der Waals surface area contributed by atoms with Crippen molar-refractivity contribution >= 4 is 12.2 Å². The monoisotopic (exact) mass is 896 g/mol.